The fourth-order valence-electron chi connectivity index (χ4n) is 2.57. The van der Waals surface area contributed by atoms with Gasteiger partial charge in [-0.05, 0) is 78.6 Å². The van der Waals surface area contributed by atoms with Crippen molar-refractivity contribution in [3.8, 4) is 0 Å². The molecule has 0 amide bonds. The number of nitrogens with one attached hydrogen (secondary N) is 1. The molecule has 2 nitrogen and oxygen atoms in total. The van der Waals surface area contributed by atoms with Gasteiger partial charge in [0.2, 0.25) is 0 Å². The molecule has 1 aromatic rings. The van der Waals surface area contributed by atoms with Crippen LogP contribution in [0.1, 0.15) is 53.0 Å². The van der Waals surface area contributed by atoms with Gasteiger partial charge in [-0.25, -0.2) is 0 Å². The molecule has 1 N–H and O–H groups in total. The van der Waals surface area contributed by atoms with Gasteiger partial charge in [-0.15, -0.1) is 0 Å². The summed E-state index contributed by atoms with van der Waals surface area (Å²) in [5.41, 5.74) is 2.91. The predicted molar refractivity (Wildman–Crippen MR) is 90.7 cm³/mol. The Morgan fingerprint density at radius 2 is 1.95 bits per heavy atom. The lowest BCUT2D eigenvalue weighted by atomic mass is 10.1. The molecule has 0 aromatic heterocycles. The van der Waals surface area contributed by atoms with Gasteiger partial charge in [0.05, 0.1) is 0 Å². The molecule has 1 rings (SSSR count). The van der Waals surface area contributed by atoms with Crippen LogP contribution in [0.4, 0.5) is 5.69 Å². The van der Waals surface area contributed by atoms with Crippen molar-refractivity contribution in [3.05, 3.63) is 29.8 Å². The second-order valence-electron chi connectivity index (χ2n) is 6.79. The van der Waals surface area contributed by atoms with Crippen molar-refractivity contribution < 1.29 is 0 Å². The summed E-state index contributed by atoms with van der Waals surface area (Å²) >= 11 is 0. The summed E-state index contributed by atoms with van der Waals surface area (Å²) in [6.45, 7) is 15.6. The zero-order valence-corrected chi connectivity index (χ0v) is 14.2. The Morgan fingerprint density at radius 1 is 1.25 bits per heavy atom. The van der Waals surface area contributed by atoms with Crippen LogP contribution in [-0.4, -0.2) is 24.7 Å². The molecule has 0 spiro atoms. The maximum Gasteiger partial charge on any atom is 0.0371 e. The topological polar surface area (TPSA) is 15.3 Å². The second-order valence-corrected chi connectivity index (χ2v) is 6.79. The molecule has 1 aromatic carbocycles. The molecule has 1 atom stereocenters. The Morgan fingerprint density at radius 3 is 2.50 bits per heavy atom. The molecular weight excluding hydrogens is 244 g/mol. The highest BCUT2D eigenvalue weighted by atomic mass is 15.1. The van der Waals surface area contributed by atoms with Crippen molar-refractivity contribution in [1.82, 2.24) is 5.32 Å². The van der Waals surface area contributed by atoms with Crippen LogP contribution in [0.2, 0.25) is 0 Å². The van der Waals surface area contributed by atoms with Crippen LogP contribution in [0.25, 0.3) is 0 Å². The van der Waals surface area contributed by atoms with Gasteiger partial charge in [0.15, 0.2) is 0 Å². The van der Waals surface area contributed by atoms with E-state index in [4.69, 9.17) is 0 Å². The minimum atomic E-state index is 0.226. The summed E-state index contributed by atoms with van der Waals surface area (Å²) in [5.74, 6) is 0. The molecule has 2 heteroatoms. The molecule has 0 aliphatic rings. The third-order valence-electron chi connectivity index (χ3n) is 3.66. The lowest BCUT2D eigenvalue weighted by Crippen LogP contribution is -2.38. The van der Waals surface area contributed by atoms with Crippen molar-refractivity contribution in [2.24, 2.45) is 0 Å². The number of nitrogens with zero attached hydrogens (tertiary/aromatic N) is 1. The average molecular weight is 276 g/mol. The van der Waals surface area contributed by atoms with E-state index in [0.29, 0.717) is 6.04 Å². The van der Waals surface area contributed by atoms with Gasteiger partial charge in [0.1, 0.15) is 0 Å². The number of hydrogen-bond acceptors (Lipinski definition) is 2. The minimum absolute atomic E-state index is 0.226. The summed E-state index contributed by atoms with van der Waals surface area (Å²) in [7, 11) is 0. The maximum atomic E-state index is 3.56. The molecule has 0 heterocycles. The van der Waals surface area contributed by atoms with Crippen molar-refractivity contribution in [3.63, 3.8) is 0 Å². The Kier molecular flexibility index (Phi) is 6.54. The highest BCUT2D eigenvalue weighted by molar-refractivity contribution is 5.49. The Hall–Kier alpha value is -1.02. The van der Waals surface area contributed by atoms with Crippen molar-refractivity contribution >= 4 is 5.69 Å². The van der Waals surface area contributed by atoms with Gasteiger partial charge in [0.25, 0.3) is 0 Å². The molecule has 0 radical (unpaired) electrons. The Labute approximate surface area is 125 Å². The first-order chi connectivity index (χ1) is 9.33. The maximum absolute atomic E-state index is 3.56. The third kappa shape index (κ3) is 5.96. The van der Waals surface area contributed by atoms with Gasteiger partial charge in [-0.2, -0.15) is 0 Å². The lowest BCUT2D eigenvalue weighted by Gasteiger charge is -2.31. The van der Waals surface area contributed by atoms with Crippen molar-refractivity contribution in [2.45, 2.75) is 66.0 Å². The van der Waals surface area contributed by atoms with E-state index in [0.717, 1.165) is 13.1 Å². The number of rotatable bonds is 7. The van der Waals surface area contributed by atoms with E-state index in [1.54, 1.807) is 0 Å². The van der Waals surface area contributed by atoms with Crippen LogP contribution in [0, 0.1) is 6.92 Å². The van der Waals surface area contributed by atoms with Crippen LogP contribution in [0.3, 0.4) is 0 Å². The zero-order valence-electron chi connectivity index (χ0n) is 14.2. The second kappa shape index (κ2) is 7.68. The van der Waals surface area contributed by atoms with Crippen LogP contribution >= 0.6 is 0 Å². The molecule has 114 valence electrons. The molecule has 0 aliphatic carbocycles. The fraction of sp³-hybridized carbons (Fsp3) is 0.667. The molecule has 0 fully saturated rings. The third-order valence-corrected chi connectivity index (χ3v) is 3.66. The highest BCUT2D eigenvalue weighted by Crippen LogP contribution is 2.20. The quantitative estimate of drug-likeness (QED) is 0.744. The smallest absolute Gasteiger partial charge is 0.0371 e. The molecule has 1 unspecified atom stereocenters. The van der Waals surface area contributed by atoms with Gasteiger partial charge < -0.3 is 10.2 Å². The standard InChI is InChI=1S/C18H32N2/c1-7-20(17-12-8-10-15(2)14-17)16(3)11-9-13-19-18(4,5)6/h8,10,12,14,16,19H,7,9,11,13H2,1-6H3. The first kappa shape index (κ1) is 17.0. The summed E-state index contributed by atoms with van der Waals surface area (Å²) in [6.07, 6.45) is 2.45. The molecule has 0 saturated carbocycles. The fourth-order valence-corrected chi connectivity index (χ4v) is 2.57. The van der Waals surface area contributed by atoms with Crippen molar-refractivity contribution in [1.29, 1.82) is 0 Å². The van der Waals surface area contributed by atoms with Gasteiger partial charge >= 0.3 is 0 Å². The van der Waals surface area contributed by atoms with E-state index in [2.05, 4.69) is 76.0 Å². The minimum Gasteiger partial charge on any atom is -0.369 e. The van der Waals surface area contributed by atoms with Crippen LogP contribution in [0.15, 0.2) is 24.3 Å². The summed E-state index contributed by atoms with van der Waals surface area (Å²) < 4.78 is 0. The summed E-state index contributed by atoms with van der Waals surface area (Å²) in [4.78, 5) is 2.50. The van der Waals surface area contributed by atoms with E-state index < -0.39 is 0 Å². The Balaban J connectivity index is 2.49. The summed E-state index contributed by atoms with van der Waals surface area (Å²) in [5, 5.41) is 3.56. The van der Waals surface area contributed by atoms with Crippen molar-refractivity contribution in [2.75, 3.05) is 18.0 Å². The van der Waals surface area contributed by atoms with Crippen LogP contribution < -0.4 is 10.2 Å². The number of benzene rings is 1. The average Bonchev–Trinajstić information content (AvgIpc) is 2.34. The largest absolute Gasteiger partial charge is 0.369 e. The zero-order chi connectivity index (χ0) is 15.2. The van der Waals surface area contributed by atoms with Crippen LogP contribution in [0.5, 0.6) is 0 Å². The number of aryl methyl sites for hydroxylation is 1. The van der Waals surface area contributed by atoms with E-state index in [-0.39, 0.29) is 5.54 Å². The van der Waals surface area contributed by atoms with Gasteiger partial charge in [-0.1, -0.05) is 12.1 Å². The molecule has 0 bridgehead atoms. The summed E-state index contributed by atoms with van der Waals surface area (Å²) in [6, 6.07) is 9.41. The molecular formula is C18H32N2. The molecule has 20 heavy (non-hydrogen) atoms. The lowest BCUT2D eigenvalue weighted by molar-refractivity contribution is 0.412. The van der Waals surface area contributed by atoms with E-state index in [1.807, 2.05) is 0 Å². The van der Waals surface area contributed by atoms with Gasteiger partial charge in [0, 0.05) is 23.8 Å². The van der Waals surface area contributed by atoms with Gasteiger partial charge in [-0.3, -0.25) is 0 Å². The SMILES string of the molecule is CCN(c1cccc(C)c1)C(C)CCCNC(C)(C)C. The van der Waals surface area contributed by atoms with E-state index in [1.165, 1.54) is 24.1 Å². The number of hydrogen-bond donors (Lipinski definition) is 1. The van der Waals surface area contributed by atoms with E-state index >= 15 is 0 Å². The highest BCUT2D eigenvalue weighted by Gasteiger charge is 2.13. The molecule has 0 aliphatic heterocycles. The first-order valence-corrected chi connectivity index (χ1v) is 7.92. The normalized spacial score (nSPS) is 13.3. The number of anilines is 1. The first-order valence-electron chi connectivity index (χ1n) is 7.92. The Bertz CT molecular complexity index is 393. The monoisotopic (exact) mass is 276 g/mol. The predicted octanol–water partition coefficient (Wildman–Crippen LogP) is 4.38. The van der Waals surface area contributed by atoms with Crippen LogP contribution in [-0.2, 0) is 0 Å². The van der Waals surface area contributed by atoms with E-state index in [9.17, 15) is 0 Å². The molecule has 0 saturated heterocycles.